The van der Waals surface area contributed by atoms with Gasteiger partial charge < -0.3 is 4.98 Å². The summed E-state index contributed by atoms with van der Waals surface area (Å²) in [4.78, 5) is 37.5. The van der Waals surface area contributed by atoms with Crippen LogP contribution in [-0.2, 0) is 7.05 Å². The minimum Gasteiger partial charge on any atom is -0.301 e. The van der Waals surface area contributed by atoms with Gasteiger partial charge in [-0.25, -0.2) is 4.79 Å². The molecule has 7 heteroatoms. The number of aldehydes is 1. The minimum atomic E-state index is -0.616. The van der Waals surface area contributed by atoms with Crippen LogP contribution in [-0.4, -0.2) is 15.8 Å². The van der Waals surface area contributed by atoms with Gasteiger partial charge in [0.15, 0.2) is 6.29 Å². The average molecular weight is 297 g/mol. The Kier molecular flexibility index (Phi) is 3.92. The van der Waals surface area contributed by atoms with E-state index in [1.807, 2.05) is 0 Å². The standard InChI is InChI=1S/C12H9ClN2O3S/c1-15-11(17)9(6-16)10(14-12(15)18)19-8-4-2-7(13)3-5-8/h2-6H,1H3,(H,14,18). The van der Waals surface area contributed by atoms with Crippen molar-refractivity contribution in [3.63, 3.8) is 0 Å². The topological polar surface area (TPSA) is 71.9 Å². The summed E-state index contributed by atoms with van der Waals surface area (Å²) in [5.74, 6) is 0. The van der Waals surface area contributed by atoms with Gasteiger partial charge >= 0.3 is 5.69 Å². The minimum absolute atomic E-state index is 0.0675. The Morgan fingerprint density at radius 2 is 1.89 bits per heavy atom. The number of hydrogen-bond donors (Lipinski definition) is 1. The summed E-state index contributed by atoms with van der Waals surface area (Å²) in [5, 5.41) is 0.808. The van der Waals surface area contributed by atoms with Crippen LogP contribution in [0, 0.1) is 0 Å². The lowest BCUT2D eigenvalue weighted by Crippen LogP contribution is -2.35. The first-order valence-electron chi connectivity index (χ1n) is 5.25. The number of rotatable bonds is 3. The molecule has 1 N–H and O–H groups in total. The van der Waals surface area contributed by atoms with Gasteiger partial charge in [0, 0.05) is 17.0 Å². The molecule has 0 bridgehead atoms. The number of benzene rings is 1. The van der Waals surface area contributed by atoms with Gasteiger partial charge in [-0.3, -0.25) is 14.2 Å². The summed E-state index contributed by atoms with van der Waals surface area (Å²) < 4.78 is 0.857. The molecule has 0 spiro atoms. The molecule has 1 aromatic heterocycles. The highest BCUT2D eigenvalue weighted by molar-refractivity contribution is 7.99. The van der Waals surface area contributed by atoms with E-state index in [9.17, 15) is 14.4 Å². The van der Waals surface area contributed by atoms with E-state index in [1.54, 1.807) is 24.3 Å². The monoisotopic (exact) mass is 296 g/mol. The molecule has 0 aliphatic carbocycles. The van der Waals surface area contributed by atoms with Crippen LogP contribution in [0.5, 0.6) is 0 Å². The zero-order valence-corrected chi connectivity index (χ0v) is 11.4. The molecule has 0 aliphatic heterocycles. The molecule has 98 valence electrons. The van der Waals surface area contributed by atoms with Crippen LogP contribution >= 0.6 is 23.4 Å². The van der Waals surface area contributed by atoms with Crippen LogP contribution in [0.3, 0.4) is 0 Å². The van der Waals surface area contributed by atoms with Gasteiger partial charge in [0.05, 0.1) is 5.03 Å². The quantitative estimate of drug-likeness (QED) is 0.691. The van der Waals surface area contributed by atoms with Crippen molar-refractivity contribution in [2.45, 2.75) is 9.92 Å². The second-order valence-corrected chi connectivity index (χ2v) is 5.23. The zero-order valence-electron chi connectivity index (χ0n) is 9.84. The van der Waals surface area contributed by atoms with Gasteiger partial charge in [-0.15, -0.1) is 0 Å². The predicted octanol–water partition coefficient (Wildman–Crippen LogP) is 1.69. The molecular weight excluding hydrogens is 288 g/mol. The van der Waals surface area contributed by atoms with E-state index in [4.69, 9.17) is 11.6 Å². The molecule has 1 aromatic carbocycles. The number of aromatic amines is 1. The van der Waals surface area contributed by atoms with Crippen LogP contribution in [0.4, 0.5) is 0 Å². The lowest BCUT2D eigenvalue weighted by molar-refractivity contribution is 0.111. The second kappa shape index (κ2) is 5.46. The fourth-order valence-corrected chi connectivity index (χ4v) is 2.44. The van der Waals surface area contributed by atoms with E-state index in [1.165, 1.54) is 7.05 Å². The molecule has 0 radical (unpaired) electrons. The first kappa shape index (κ1) is 13.6. The summed E-state index contributed by atoms with van der Waals surface area (Å²) in [6.07, 6.45) is 0.441. The summed E-state index contributed by atoms with van der Waals surface area (Å²) in [7, 11) is 1.31. The molecule has 0 unspecified atom stereocenters. The molecule has 0 aliphatic rings. The average Bonchev–Trinajstić information content (AvgIpc) is 2.39. The highest BCUT2D eigenvalue weighted by Gasteiger charge is 2.12. The van der Waals surface area contributed by atoms with E-state index >= 15 is 0 Å². The molecule has 0 atom stereocenters. The number of halogens is 1. The Bertz CT molecular complexity index is 734. The van der Waals surface area contributed by atoms with E-state index in [0.717, 1.165) is 21.2 Å². The van der Waals surface area contributed by atoms with Crippen LogP contribution in [0.1, 0.15) is 10.4 Å². The van der Waals surface area contributed by atoms with Gasteiger partial charge in [-0.05, 0) is 24.3 Å². The number of nitrogens with zero attached hydrogens (tertiary/aromatic N) is 1. The lowest BCUT2D eigenvalue weighted by atomic mass is 10.4. The highest BCUT2D eigenvalue weighted by atomic mass is 35.5. The number of nitrogens with one attached hydrogen (secondary N) is 1. The van der Waals surface area contributed by atoms with Crippen molar-refractivity contribution in [2.24, 2.45) is 7.05 Å². The van der Waals surface area contributed by atoms with Crippen LogP contribution in [0.2, 0.25) is 5.02 Å². The maximum Gasteiger partial charge on any atom is 0.328 e. The molecule has 2 aromatic rings. The molecule has 0 amide bonds. The number of H-pyrrole nitrogens is 1. The first-order valence-corrected chi connectivity index (χ1v) is 6.44. The van der Waals surface area contributed by atoms with Gasteiger partial charge in [0.25, 0.3) is 5.56 Å². The summed E-state index contributed by atoms with van der Waals surface area (Å²) in [6, 6.07) is 6.84. The normalized spacial score (nSPS) is 10.4. The maximum atomic E-state index is 11.8. The summed E-state index contributed by atoms with van der Waals surface area (Å²) in [5.41, 5.74) is -1.25. The first-order chi connectivity index (χ1) is 9.02. The Hall–Kier alpha value is -1.79. The number of hydrogen-bond acceptors (Lipinski definition) is 4. The molecule has 1 heterocycles. The third-order valence-corrected chi connectivity index (χ3v) is 3.74. The fourth-order valence-electron chi connectivity index (χ4n) is 1.42. The molecule has 19 heavy (non-hydrogen) atoms. The lowest BCUT2D eigenvalue weighted by Gasteiger charge is -2.05. The Labute approximate surface area is 117 Å². The van der Waals surface area contributed by atoms with Gasteiger partial charge in [-0.2, -0.15) is 0 Å². The fraction of sp³-hybridized carbons (Fsp3) is 0.0833. The molecule has 0 saturated carbocycles. The van der Waals surface area contributed by atoms with Crippen molar-refractivity contribution in [2.75, 3.05) is 0 Å². The van der Waals surface area contributed by atoms with Gasteiger partial charge in [0.2, 0.25) is 0 Å². The SMILES string of the molecule is Cn1c(=O)[nH]c(Sc2ccc(Cl)cc2)c(C=O)c1=O. The zero-order chi connectivity index (χ0) is 14.0. The third kappa shape index (κ3) is 2.80. The summed E-state index contributed by atoms with van der Waals surface area (Å²) >= 11 is 6.89. The van der Waals surface area contributed by atoms with Crippen molar-refractivity contribution in [3.05, 3.63) is 55.7 Å². The van der Waals surface area contributed by atoms with Crippen molar-refractivity contribution >= 4 is 29.6 Å². The smallest absolute Gasteiger partial charge is 0.301 e. The Balaban J connectivity index is 2.51. The van der Waals surface area contributed by atoms with Crippen LogP contribution in [0.25, 0.3) is 0 Å². The van der Waals surface area contributed by atoms with E-state index in [-0.39, 0.29) is 10.6 Å². The van der Waals surface area contributed by atoms with Crippen LogP contribution in [0.15, 0.2) is 43.8 Å². The predicted molar refractivity (Wildman–Crippen MR) is 73.3 cm³/mol. The largest absolute Gasteiger partial charge is 0.328 e. The maximum absolute atomic E-state index is 11.8. The van der Waals surface area contributed by atoms with E-state index < -0.39 is 11.2 Å². The molecule has 5 nitrogen and oxygen atoms in total. The van der Waals surface area contributed by atoms with Gasteiger partial charge in [0.1, 0.15) is 5.56 Å². The molecular formula is C12H9ClN2O3S. The number of aromatic nitrogens is 2. The van der Waals surface area contributed by atoms with Crippen molar-refractivity contribution < 1.29 is 4.79 Å². The van der Waals surface area contributed by atoms with Crippen molar-refractivity contribution in [3.8, 4) is 0 Å². The Morgan fingerprint density at radius 3 is 2.47 bits per heavy atom. The number of carbonyl (C=O) groups is 1. The van der Waals surface area contributed by atoms with Crippen molar-refractivity contribution in [1.82, 2.24) is 9.55 Å². The molecule has 2 rings (SSSR count). The molecule has 0 fully saturated rings. The second-order valence-electron chi connectivity index (χ2n) is 3.71. The van der Waals surface area contributed by atoms with E-state index in [2.05, 4.69) is 4.98 Å². The number of carbonyl (C=O) groups excluding carboxylic acids is 1. The Morgan fingerprint density at radius 1 is 1.26 bits per heavy atom. The summed E-state index contributed by atoms with van der Waals surface area (Å²) in [6.45, 7) is 0. The van der Waals surface area contributed by atoms with Crippen molar-refractivity contribution in [1.29, 1.82) is 0 Å². The van der Waals surface area contributed by atoms with Crippen LogP contribution < -0.4 is 11.2 Å². The van der Waals surface area contributed by atoms with E-state index in [0.29, 0.717) is 11.3 Å². The molecule has 0 saturated heterocycles. The third-order valence-electron chi connectivity index (χ3n) is 2.46. The van der Waals surface area contributed by atoms with Gasteiger partial charge in [-0.1, -0.05) is 23.4 Å². The highest BCUT2D eigenvalue weighted by Crippen LogP contribution is 2.27.